The molecule has 0 amide bonds. The highest BCUT2D eigenvalue weighted by atomic mass is 19.1. The summed E-state index contributed by atoms with van der Waals surface area (Å²) in [6.07, 6.45) is 0. The maximum atomic E-state index is 13.2. The first kappa shape index (κ1) is 10.5. The largest absolute Gasteiger partial charge is 0.365 e. The molecular weight excluding hydrogens is 221 g/mol. The zero-order valence-corrected chi connectivity index (χ0v) is 9.74. The van der Waals surface area contributed by atoms with E-state index < -0.39 is 5.79 Å². The summed E-state index contributed by atoms with van der Waals surface area (Å²) in [7, 11) is 1.91. The van der Waals surface area contributed by atoms with Crippen molar-refractivity contribution in [3.8, 4) is 0 Å². The number of nitrogens with one attached hydrogen (secondary N) is 1. The molecule has 2 heterocycles. The molecule has 0 saturated carbocycles. The molecule has 6 heteroatoms. The summed E-state index contributed by atoms with van der Waals surface area (Å²) in [6.45, 7) is 2.40. The number of anilines is 2. The molecule has 0 aromatic heterocycles. The van der Waals surface area contributed by atoms with Gasteiger partial charge in [-0.05, 0) is 25.1 Å². The Morgan fingerprint density at radius 3 is 3.00 bits per heavy atom. The number of likely N-dealkylation sites (N-methyl/N-ethyl adjacent to an activating group) is 1. The number of hydrogen-bond acceptors (Lipinski definition) is 5. The Morgan fingerprint density at radius 1 is 1.47 bits per heavy atom. The first-order valence-electron chi connectivity index (χ1n) is 5.42. The monoisotopic (exact) mass is 235 g/mol. The standard InChI is InChI=1S/C11H14FN5/c1-11(13)14-10-6-16(2)9-5-7(12)3-4-8(9)17(10)15-11/h3-5,15H,6,13H2,1-2H3. The topological polar surface area (TPSA) is 56.9 Å². The van der Waals surface area contributed by atoms with E-state index in [0.717, 1.165) is 17.2 Å². The maximum Gasteiger partial charge on any atom is 0.178 e. The van der Waals surface area contributed by atoms with E-state index in [1.165, 1.54) is 12.1 Å². The lowest BCUT2D eigenvalue weighted by Crippen LogP contribution is -2.54. The van der Waals surface area contributed by atoms with Crippen LogP contribution in [-0.2, 0) is 0 Å². The number of halogens is 1. The van der Waals surface area contributed by atoms with Crippen LogP contribution in [0.2, 0.25) is 0 Å². The van der Waals surface area contributed by atoms with Gasteiger partial charge >= 0.3 is 0 Å². The zero-order valence-electron chi connectivity index (χ0n) is 9.74. The van der Waals surface area contributed by atoms with Gasteiger partial charge in [0.25, 0.3) is 0 Å². The average molecular weight is 235 g/mol. The second-order valence-electron chi connectivity index (χ2n) is 4.61. The molecule has 90 valence electrons. The molecule has 2 aliphatic heterocycles. The summed E-state index contributed by atoms with van der Waals surface area (Å²) in [5.74, 6) is -0.200. The minimum atomic E-state index is -0.799. The Labute approximate surface area is 98.7 Å². The van der Waals surface area contributed by atoms with Crippen molar-refractivity contribution in [1.29, 1.82) is 0 Å². The van der Waals surface area contributed by atoms with Gasteiger partial charge in [0.2, 0.25) is 0 Å². The van der Waals surface area contributed by atoms with Gasteiger partial charge in [0.1, 0.15) is 11.7 Å². The molecule has 0 fully saturated rings. The summed E-state index contributed by atoms with van der Waals surface area (Å²) in [5, 5.41) is 1.83. The Bertz CT molecular complexity index is 511. The highest BCUT2D eigenvalue weighted by Gasteiger charge is 2.36. The van der Waals surface area contributed by atoms with Crippen molar-refractivity contribution in [3.05, 3.63) is 24.0 Å². The molecule has 17 heavy (non-hydrogen) atoms. The lowest BCUT2D eigenvalue weighted by Gasteiger charge is -2.35. The lowest BCUT2D eigenvalue weighted by molar-refractivity contribution is 0.423. The number of hydrogen-bond donors (Lipinski definition) is 2. The summed E-state index contributed by atoms with van der Waals surface area (Å²) in [5.41, 5.74) is 10.7. The van der Waals surface area contributed by atoms with E-state index in [1.54, 1.807) is 13.0 Å². The van der Waals surface area contributed by atoms with Crippen molar-refractivity contribution in [1.82, 2.24) is 5.43 Å². The zero-order chi connectivity index (χ0) is 12.2. The van der Waals surface area contributed by atoms with E-state index in [2.05, 4.69) is 10.4 Å². The molecule has 1 atom stereocenters. The smallest absolute Gasteiger partial charge is 0.178 e. The molecule has 3 N–H and O–H groups in total. The van der Waals surface area contributed by atoms with Gasteiger partial charge in [0.05, 0.1) is 17.9 Å². The molecule has 0 aliphatic carbocycles. The molecule has 1 aromatic carbocycles. The van der Waals surface area contributed by atoms with Gasteiger partial charge in [-0.3, -0.25) is 10.7 Å². The predicted molar refractivity (Wildman–Crippen MR) is 65.3 cm³/mol. The third-order valence-corrected chi connectivity index (χ3v) is 2.93. The van der Waals surface area contributed by atoms with Crippen LogP contribution in [0.15, 0.2) is 23.2 Å². The van der Waals surface area contributed by atoms with Crippen LogP contribution in [0, 0.1) is 5.82 Å². The average Bonchev–Trinajstić information content (AvgIpc) is 2.53. The van der Waals surface area contributed by atoms with Gasteiger partial charge in [-0.2, -0.15) is 5.43 Å². The van der Waals surface area contributed by atoms with Gasteiger partial charge in [-0.15, -0.1) is 0 Å². The Morgan fingerprint density at radius 2 is 2.24 bits per heavy atom. The van der Waals surface area contributed by atoms with Gasteiger partial charge in [0, 0.05) is 7.05 Å². The molecule has 0 radical (unpaired) electrons. The fraction of sp³-hybridized carbons (Fsp3) is 0.364. The lowest BCUT2D eigenvalue weighted by atomic mass is 10.2. The van der Waals surface area contributed by atoms with E-state index in [-0.39, 0.29) is 5.82 Å². The quantitative estimate of drug-likeness (QED) is 0.692. The number of nitrogens with two attached hydrogens (primary N) is 1. The maximum absolute atomic E-state index is 13.2. The molecule has 1 unspecified atom stereocenters. The minimum Gasteiger partial charge on any atom is -0.365 e. The van der Waals surface area contributed by atoms with Crippen molar-refractivity contribution >= 4 is 17.2 Å². The highest BCUT2D eigenvalue weighted by Crippen LogP contribution is 2.34. The van der Waals surface area contributed by atoms with Crippen LogP contribution in [0.3, 0.4) is 0 Å². The van der Waals surface area contributed by atoms with Gasteiger partial charge in [-0.25, -0.2) is 9.38 Å². The Hall–Kier alpha value is -1.66. The summed E-state index contributed by atoms with van der Waals surface area (Å²) < 4.78 is 13.2. The molecule has 2 aliphatic rings. The van der Waals surface area contributed by atoms with E-state index in [9.17, 15) is 4.39 Å². The number of amidine groups is 1. The number of benzene rings is 1. The Kier molecular flexibility index (Phi) is 1.96. The second kappa shape index (κ2) is 3.18. The van der Waals surface area contributed by atoms with Crippen LogP contribution in [0.1, 0.15) is 6.92 Å². The van der Waals surface area contributed by atoms with E-state index in [4.69, 9.17) is 5.73 Å². The van der Waals surface area contributed by atoms with Crippen molar-refractivity contribution in [2.24, 2.45) is 10.7 Å². The molecule has 0 spiro atoms. The van der Waals surface area contributed by atoms with Crippen molar-refractivity contribution in [3.63, 3.8) is 0 Å². The molecule has 3 rings (SSSR count). The molecule has 1 aromatic rings. The van der Waals surface area contributed by atoms with Crippen molar-refractivity contribution < 1.29 is 4.39 Å². The molecule has 0 bridgehead atoms. The third-order valence-electron chi connectivity index (χ3n) is 2.93. The second-order valence-corrected chi connectivity index (χ2v) is 4.61. The van der Waals surface area contributed by atoms with Crippen molar-refractivity contribution in [2.45, 2.75) is 12.7 Å². The molecular formula is C11H14FN5. The number of rotatable bonds is 0. The van der Waals surface area contributed by atoms with Crippen LogP contribution < -0.4 is 21.1 Å². The SMILES string of the molecule is CN1CC2=NC(C)(N)NN2c2ccc(F)cc21. The van der Waals surface area contributed by atoms with Crippen LogP contribution in [0.5, 0.6) is 0 Å². The molecule has 0 saturated heterocycles. The summed E-state index contributed by atoms with van der Waals surface area (Å²) in [6, 6.07) is 4.67. The Balaban J connectivity index is 2.11. The third kappa shape index (κ3) is 1.57. The van der Waals surface area contributed by atoms with Crippen LogP contribution in [0.25, 0.3) is 0 Å². The first-order chi connectivity index (χ1) is 7.96. The van der Waals surface area contributed by atoms with E-state index in [0.29, 0.717) is 6.54 Å². The number of aliphatic imine (C=N–C) groups is 1. The summed E-state index contributed by atoms with van der Waals surface area (Å²) >= 11 is 0. The predicted octanol–water partition coefficient (Wildman–Crippen LogP) is 0.631. The summed E-state index contributed by atoms with van der Waals surface area (Å²) in [4.78, 5) is 6.34. The van der Waals surface area contributed by atoms with E-state index >= 15 is 0 Å². The first-order valence-corrected chi connectivity index (χ1v) is 5.42. The number of hydrazine groups is 1. The fourth-order valence-corrected chi connectivity index (χ4v) is 2.23. The highest BCUT2D eigenvalue weighted by molar-refractivity contribution is 6.07. The van der Waals surface area contributed by atoms with Crippen LogP contribution in [0.4, 0.5) is 15.8 Å². The normalized spacial score (nSPS) is 26.7. The number of nitrogens with zero attached hydrogens (tertiary/aromatic N) is 3. The minimum absolute atomic E-state index is 0.245. The van der Waals surface area contributed by atoms with Crippen LogP contribution in [-0.4, -0.2) is 25.2 Å². The van der Waals surface area contributed by atoms with Gasteiger partial charge in [0.15, 0.2) is 5.79 Å². The van der Waals surface area contributed by atoms with Gasteiger partial charge < -0.3 is 4.90 Å². The fourth-order valence-electron chi connectivity index (χ4n) is 2.23. The van der Waals surface area contributed by atoms with Crippen molar-refractivity contribution in [2.75, 3.05) is 23.5 Å². The van der Waals surface area contributed by atoms with Crippen LogP contribution >= 0.6 is 0 Å². The number of fused-ring (bicyclic) bond motifs is 3. The van der Waals surface area contributed by atoms with Gasteiger partial charge in [-0.1, -0.05) is 0 Å². The van der Waals surface area contributed by atoms with E-state index in [1.807, 2.05) is 17.0 Å². The molecule has 5 nitrogen and oxygen atoms in total.